The van der Waals surface area contributed by atoms with Gasteiger partial charge in [-0.3, -0.25) is 0 Å². The van der Waals surface area contributed by atoms with Crippen LogP contribution in [-0.2, 0) is 0 Å². The maximum Gasteiger partial charge on any atom is 0.446 e. The van der Waals surface area contributed by atoms with Crippen LogP contribution in [0, 0.1) is 0 Å². The SMILES string of the molecule is FC(F)(F)Sc1cccc(S)c1. The lowest BCUT2D eigenvalue weighted by Gasteiger charge is -2.04. The molecule has 66 valence electrons. The van der Waals surface area contributed by atoms with Crippen molar-refractivity contribution in [2.24, 2.45) is 0 Å². The van der Waals surface area contributed by atoms with Crippen LogP contribution in [-0.4, -0.2) is 5.51 Å². The van der Waals surface area contributed by atoms with Gasteiger partial charge >= 0.3 is 5.51 Å². The Morgan fingerprint density at radius 3 is 2.42 bits per heavy atom. The van der Waals surface area contributed by atoms with Crippen molar-refractivity contribution in [1.82, 2.24) is 0 Å². The number of thiol groups is 1. The van der Waals surface area contributed by atoms with Gasteiger partial charge in [0.25, 0.3) is 0 Å². The molecule has 1 aromatic carbocycles. The van der Waals surface area contributed by atoms with Gasteiger partial charge in [0.15, 0.2) is 0 Å². The average Bonchev–Trinajstić information content (AvgIpc) is 1.82. The van der Waals surface area contributed by atoms with Gasteiger partial charge < -0.3 is 0 Å². The molecule has 0 radical (unpaired) electrons. The molecule has 1 rings (SSSR count). The van der Waals surface area contributed by atoms with E-state index in [1.54, 1.807) is 6.07 Å². The second-order valence-corrected chi connectivity index (χ2v) is 3.70. The molecule has 0 aromatic heterocycles. The molecule has 0 spiro atoms. The standard InChI is InChI=1S/C7H5F3S2/c8-7(9,10)12-6-3-1-2-5(11)4-6/h1-4,11H. The number of halogens is 3. The van der Waals surface area contributed by atoms with Crippen LogP contribution in [0.15, 0.2) is 34.1 Å². The summed E-state index contributed by atoms with van der Waals surface area (Å²) in [6, 6.07) is 5.94. The van der Waals surface area contributed by atoms with Crippen LogP contribution in [0.4, 0.5) is 13.2 Å². The Bertz CT molecular complexity index is 270. The molecule has 0 saturated heterocycles. The lowest BCUT2D eigenvalue weighted by molar-refractivity contribution is -0.0328. The van der Waals surface area contributed by atoms with E-state index in [1.807, 2.05) is 0 Å². The average molecular weight is 210 g/mol. The molecular weight excluding hydrogens is 205 g/mol. The largest absolute Gasteiger partial charge is 0.446 e. The van der Waals surface area contributed by atoms with E-state index in [-0.39, 0.29) is 16.7 Å². The zero-order chi connectivity index (χ0) is 9.19. The van der Waals surface area contributed by atoms with Crippen LogP contribution in [0.1, 0.15) is 0 Å². The van der Waals surface area contributed by atoms with Crippen molar-refractivity contribution in [1.29, 1.82) is 0 Å². The Morgan fingerprint density at radius 2 is 1.92 bits per heavy atom. The van der Waals surface area contributed by atoms with E-state index in [9.17, 15) is 13.2 Å². The summed E-state index contributed by atoms with van der Waals surface area (Å²) in [4.78, 5) is 0.694. The number of benzene rings is 1. The number of hydrogen-bond acceptors (Lipinski definition) is 2. The van der Waals surface area contributed by atoms with Gasteiger partial charge in [0.1, 0.15) is 0 Å². The van der Waals surface area contributed by atoms with Crippen molar-refractivity contribution < 1.29 is 13.2 Å². The summed E-state index contributed by atoms with van der Waals surface area (Å²) in [7, 11) is 0. The van der Waals surface area contributed by atoms with E-state index >= 15 is 0 Å². The first-order valence-electron chi connectivity index (χ1n) is 3.02. The number of rotatable bonds is 1. The molecule has 1 aromatic rings. The zero-order valence-electron chi connectivity index (χ0n) is 5.80. The van der Waals surface area contributed by atoms with Crippen LogP contribution in [0.5, 0.6) is 0 Å². The summed E-state index contributed by atoms with van der Waals surface area (Å²) in [6.45, 7) is 0. The molecule has 0 aliphatic heterocycles. The lowest BCUT2D eigenvalue weighted by Crippen LogP contribution is -1.98. The van der Waals surface area contributed by atoms with Crippen molar-refractivity contribution in [3.8, 4) is 0 Å². The highest BCUT2D eigenvalue weighted by molar-refractivity contribution is 8.00. The number of alkyl halides is 3. The molecule has 0 amide bonds. The first kappa shape index (κ1) is 9.80. The van der Waals surface area contributed by atoms with E-state index < -0.39 is 5.51 Å². The molecule has 0 heterocycles. The van der Waals surface area contributed by atoms with E-state index in [2.05, 4.69) is 12.6 Å². The molecule has 0 atom stereocenters. The van der Waals surface area contributed by atoms with Crippen LogP contribution in [0.3, 0.4) is 0 Å². The van der Waals surface area contributed by atoms with Crippen molar-refractivity contribution >= 4 is 24.4 Å². The molecule has 12 heavy (non-hydrogen) atoms. The van der Waals surface area contributed by atoms with Gasteiger partial charge in [-0.25, -0.2) is 0 Å². The molecule has 0 saturated carbocycles. The van der Waals surface area contributed by atoms with Crippen molar-refractivity contribution in [2.75, 3.05) is 0 Å². The smallest absolute Gasteiger partial charge is 0.160 e. The second-order valence-electron chi connectivity index (χ2n) is 2.05. The number of thioether (sulfide) groups is 1. The molecule has 0 unspecified atom stereocenters. The van der Waals surface area contributed by atoms with Crippen molar-refractivity contribution in [3.05, 3.63) is 24.3 Å². The minimum atomic E-state index is -4.22. The molecular formula is C7H5F3S2. The van der Waals surface area contributed by atoms with Gasteiger partial charge in [-0.05, 0) is 30.0 Å². The van der Waals surface area contributed by atoms with E-state index in [4.69, 9.17) is 0 Å². The Hall–Kier alpha value is -0.290. The second kappa shape index (κ2) is 3.62. The highest BCUT2D eigenvalue weighted by atomic mass is 32.2. The maximum atomic E-state index is 11.8. The Morgan fingerprint density at radius 1 is 1.25 bits per heavy atom. The Labute approximate surface area is 77.6 Å². The van der Waals surface area contributed by atoms with Crippen LogP contribution in [0.2, 0.25) is 0 Å². The maximum absolute atomic E-state index is 11.8. The summed E-state index contributed by atoms with van der Waals surface area (Å²) in [5, 5.41) is 0. The lowest BCUT2D eigenvalue weighted by atomic mass is 10.4. The monoisotopic (exact) mass is 210 g/mol. The van der Waals surface area contributed by atoms with Gasteiger partial charge in [0.2, 0.25) is 0 Å². The molecule has 5 heteroatoms. The van der Waals surface area contributed by atoms with Gasteiger partial charge in [-0.15, -0.1) is 12.6 Å². The van der Waals surface area contributed by atoms with Gasteiger partial charge in [-0.1, -0.05) is 6.07 Å². The third-order valence-electron chi connectivity index (χ3n) is 1.05. The fourth-order valence-electron chi connectivity index (χ4n) is 0.681. The summed E-state index contributed by atoms with van der Waals surface area (Å²) >= 11 is 3.79. The predicted molar refractivity (Wildman–Crippen MR) is 45.6 cm³/mol. The minimum absolute atomic E-state index is 0.134. The summed E-state index contributed by atoms with van der Waals surface area (Å²) in [5.74, 6) is 0. The quantitative estimate of drug-likeness (QED) is 0.546. The van der Waals surface area contributed by atoms with Crippen LogP contribution < -0.4 is 0 Å². The zero-order valence-corrected chi connectivity index (χ0v) is 7.51. The summed E-state index contributed by atoms with van der Waals surface area (Å²) < 4.78 is 35.4. The highest BCUT2D eigenvalue weighted by Gasteiger charge is 2.28. The molecule has 0 bridgehead atoms. The van der Waals surface area contributed by atoms with Crippen LogP contribution in [0.25, 0.3) is 0 Å². The topological polar surface area (TPSA) is 0 Å². The number of hydrogen-bond donors (Lipinski definition) is 1. The van der Waals surface area contributed by atoms with Gasteiger partial charge in [-0.2, -0.15) is 13.2 Å². The van der Waals surface area contributed by atoms with Crippen LogP contribution >= 0.6 is 24.4 Å². The molecule has 0 fully saturated rings. The first-order chi connectivity index (χ1) is 5.47. The van der Waals surface area contributed by atoms with E-state index in [0.717, 1.165) is 0 Å². The van der Waals surface area contributed by atoms with E-state index in [0.29, 0.717) is 4.90 Å². The highest BCUT2D eigenvalue weighted by Crippen LogP contribution is 2.37. The van der Waals surface area contributed by atoms with Gasteiger partial charge in [0.05, 0.1) is 0 Å². The molecule has 0 aliphatic carbocycles. The van der Waals surface area contributed by atoms with Crippen molar-refractivity contribution in [2.45, 2.75) is 15.3 Å². The molecule has 0 aliphatic rings. The molecule has 0 nitrogen and oxygen atoms in total. The summed E-state index contributed by atoms with van der Waals surface area (Å²) in [6.07, 6.45) is 0. The fourth-order valence-corrected chi connectivity index (χ4v) is 1.59. The predicted octanol–water partition coefficient (Wildman–Crippen LogP) is 3.59. The van der Waals surface area contributed by atoms with E-state index in [1.165, 1.54) is 18.2 Å². The first-order valence-corrected chi connectivity index (χ1v) is 4.28. The normalized spacial score (nSPS) is 11.7. The summed E-state index contributed by atoms with van der Waals surface area (Å²) in [5.41, 5.74) is -4.22. The fraction of sp³-hybridized carbons (Fsp3) is 0.143. The van der Waals surface area contributed by atoms with Gasteiger partial charge in [0, 0.05) is 9.79 Å². The minimum Gasteiger partial charge on any atom is -0.160 e. The van der Waals surface area contributed by atoms with Crippen molar-refractivity contribution in [3.63, 3.8) is 0 Å². The Kier molecular flexibility index (Phi) is 2.95. The third-order valence-corrected chi connectivity index (χ3v) is 2.05. The third kappa shape index (κ3) is 3.40. The molecule has 0 N–H and O–H groups in total. The Balaban J connectivity index is 2.77.